The molecule has 4 aromatic rings. The lowest BCUT2D eigenvalue weighted by molar-refractivity contribution is -0.140. The lowest BCUT2D eigenvalue weighted by atomic mass is 10.0. The number of anilines is 1. The SMILES string of the molecule is CNC(=O)[C@H](Cc1ccccc1)N(Cc1ccc(F)cc1)C(=O)CN1C(=O)c2cccc3cccc1c23. The molecule has 4 aromatic carbocycles. The summed E-state index contributed by atoms with van der Waals surface area (Å²) in [6, 6.07) is 25.6. The van der Waals surface area contributed by atoms with Crippen molar-refractivity contribution in [3.05, 3.63) is 114 Å². The molecule has 1 atom stereocenters. The van der Waals surface area contributed by atoms with Crippen LogP contribution in [0.2, 0.25) is 0 Å². The molecule has 0 spiro atoms. The van der Waals surface area contributed by atoms with E-state index in [9.17, 15) is 18.8 Å². The molecule has 0 aromatic heterocycles. The van der Waals surface area contributed by atoms with E-state index < -0.39 is 6.04 Å². The lowest BCUT2D eigenvalue weighted by Crippen LogP contribution is -2.52. The van der Waals surface area contributed by atoms with Crippen LogP contribution in [0, 0.1) is 5.82 Å². The highest BCUT2D eigenvalue weighted by Crippen LogP contribution is 2.37. The molecular weight excluding hydrogens is 469 g/mol. The molecule has 0 fully saturated rings. The first kappa shape index (κ1) is 24.2. The van der Waals surface area contributed by atoms with Crippen LogP contribution in [0.5, 0.6) is 0 Å². The molecule has 37 heavy (non-hydrogen) atoms. The number of hydrogen-bond donors (Lipinski definition) is 1. The highest BCUT2D eigenvalue weighted by atomic mass is 19.1. The minimum atomic E-state index is -0.833. The predicted molar refractivity (Wildman–Crippen MR) is 141 cm³/mol. The second-order valence-corrected chi connectivity index (χ2v) is 9.04. The maximum Gasteiger partial charge on any atom is 0.259 e. The van der Waals surface area contributed by atoms with Gasteiger partial charge in [-0.05, 0) is 40.8 Å². The van der Waals surface area contributed by atoms with Crippen molar-refractivity contribution in [1.82, 2.24) is 10.2 Å². The molecule has 0 unspecified atom stereocenters. The zero-order chi connectivity index (χ0) is 25.9. The number of benzene rings is 4. The summed E-state index contributed by atoms with van der Waals surface area (Å²) in [5.41, 5.74) is 2.79. The fraction of sp³-hybridized carbons (Fsp3) is 0.167. The second-order valence-electron chi connectivity index (χ2n) is 9.04. The quantitative estimate of drug-likeness (QED) is 0.396. The number of carbonyl (C=O) groups is 3. The van der Waals surface area contributed by atoms with Gasteiger partial charge in [-0.3, -0.25) is 19.3 Å². The van der Waals surface area contributed by atoms with Crippen LogP contribution in [-0.2, 0) is 22.6 Å². The topological polar surface area (TPSA) is 69.7 Å². The Morgan fingerprint density at radius 3 is 2.30 bits per heavy atom. The van der Waals surface area contributed by atoms with Gasteiger partial charge in [0.05, 0.1) is 5.69 Å². The summed E-state index contributed by atoms with van der Waals surface area (Å²) in [5.74, 6) is -1.34. The number of likely N-dealkylation sites (N-methyl/N-ethyl adjacent to an activating group) is 1. The van der Waals surface area contributed by atoms with Crippen LogP contribution in [0.15, 0.2) is 91.0 Å². The molecule has 7 heteroatoms. The number of nitrogens with one attached hydrogen (secondary N) is 1. The van der Waals surface area contributed by atoms with Gasteiger partial charge in [-0.1, -0.05) is 66.7 Å². The number of carbonyl (C=O) groups excluding carboxylic acids is 3. The van der Waals surface area contributed by atoms with E-state index in [0.29, 0.717) is 16.8 Å². The van der Waals surface area contributed by atoms with Gasteiger partial charge in [0.1, 0.15) is 18.4 Å². The minimum Gasteiger partial charge on any atom is -0.357 e. The fourth-order valence-electron chi connectivity index (χ4n) is 4.87. The van der Waals surface area contributed by atoms with Gasteiger partial charge in [-0.15, -0.1) is 0 Å². The van der Waals surface area contributed by atoms with E-state index >= 15 is 0 Å². The molecule has 1 N–H and O–H groups in total. The van der Waals surface area contributed by atoms with Gasteiger partial charge >= 0.3 is 0 Å². The van der Waals surface area contributed by atoms with Crippen molar-refractivity contribution in [2.75, 3.05) is 18.5 Å². The maximum atomic E-state index is 13.9. The Hall–Kier alpha value is -4.52. The summed E-state index contributed by atoms with van der Waals surface area (Å²) in [6.07, 6.45) is 0.289. The molecule has 0 radical (unpaired) electrons. The van der Waals surface area contributed by atoms with Gasteiger partial charge < -0.3 is 10.2 Å². The normalized spacial score (nSPS) is 13.0. The summed E-state index contributed by atoms with van der Waals surface area (Å²) >= 11 is 0. The first-order valence-corrected chi connectivity index (χ1v) is 12.1. The van der Waals surface area contributed by atoms with Gasteiger partial charge in [0, 0.05) is 31.0 Å². The van der Waals surface area contributed by atoms with Crippen molar-refractivity contribution < 1.29 is 18.8 Å². The first-order valence-electron chi connectivity index (χ1n) is 12.1. The van der Waals surface area contributed by atoms with Crippen LogP contribution in [0.25, 0.3) is 10.8 Å². The van der Waals surface area contributed by atoms with E-state index in [1.165, 1.54) is 29.0 Å². The molecule has 3 amide bonds. The maximum absolute atomic E-state index is 13.9. The van der Waals surface area contributed by atoms with E-state index in [1.54, 1.807) is 18.2 Å². The third kappa shape index (κ3) is 4.80. The van der Waals surface area contributed by atoms with Crippen LogP contribution in [0.4, 0.5) is 10.1 Å². The molecule has 0 saturated carbocycles. The summed E-state index contributed by atoms with van der Waals surface area (Å²) in [5, 5.41) is 4.42. The molecular formula is C30H26FN3O3. The van der Waals surface area contributed by atoms with E-state index in [2.05, 4.69) is 5.32 Å². The third-order valence-electron chi connectivity index (χ3n) is 6.73. The Morgan fingerprint density at radius 2 is 1.59 bits per heavy atom. The Bertz CT molecular complexity index is 1470. The van der Waals surface area contributed by atoms with E-state index in [-0.39, 0.29) is 43.0 Å². The number of rotatable bonds is 8. The van der Waals surface area contributed by atoms with E-state index in [1.807, 2.05) is 60.7 Å². The number of hydrogen-bond acceptors (Lipinski definition) is 3. The molecule has 6 nitrogen and oxygen atoms in total. The van der Waals surface area contributed by atoms with Crippen molar-refractivity contribution in [3.8, 4) is 0 Å². The summed E-state index contributed by atoms with van der Waals surface area (Å²) in [7, 11) is 1.53. The fourth-order valence-corrected chi connectivity index (χ4v) is 4.87. The van der Waals surface area contributed by atoms with Gasteiger partial charge in [-0.2, -0.15) is 0 Å². The van der Waals surface area contributed by atoms with E-state index in [4.69, 9.17) is 0 Å². The van der Waals surface area contributed by atoms with E-state index in [0.717, 1.165) is 16.3 Å². The summed E-state index contributed by atoms with van der Waals surface area (Å²) in [4.78, 5) is 43.3. The molecule has 186 valence electrons. The zero-order valence-electron chi connectivity index (χ0n) is 20.4. The molecule has 0 bridgehead atoms. The van der Waals surface area contributed by atoms with Gasteiger partial charge in [0.15, 0.2) is 0 Å². The van der Waals surface area contributed by atoms with Gasteiger partial charge in [0.2, 0.25) is 11.8 Å². The highest BCUT2D eigenvalue weighted by molar-refractivity contribution is 6.26. The minimum absolute atomic E-state index is 0.0865. The molecule has 1 aliphatic rings. The third-order valence-corrected chi connectivity index (χ3v) is 6.73. The monoisotopic (exact) mass is 495 g/mol. The molecule has 0 saturated heterocycles. The van der Waals surface area contributed by atoms with Crippen LogP contribution in [0.3, 0.4) is 0 Å². The number of halogens is 1. The lowest BCUT2D eigenvalue weighted by Gasteiger charge is -2.32. The number of amides is 3. The predicted octanol–water partition coefficient (Wildman–Crippen LogP) is 4.33. The van der Waals surface area contributed by atoms with Crippen molar-refractivity contribution in [2.24, 2.45) is 0 Å². The highest BCUT2D eigenvalue weighted by Gasteiger charge is 2.35. The largest absolute Gasteiger partial charge is 0.357 e. The smallest absolute Gasteiger partial charge is 0.259 e. The second kappa shape index (κ2) is 10.2. The van der Waals surface area contributed by atoms with Crippen molar-refractivity contribution in [1.29, 1.82) is 0 Å². The molecule has 0 aliphatic carbocycles. The van der Waals surface area contributed by atoms with Crippen LogP contribution in [0.1, 0.15) is 21.5 Å². The zero-order valence-corrected chi connectivity index (χ0v) is 20.4. The average molecular weight is 496 g/mol. The van der Waals surface area contributed by atoms with Gasteiger partial charge in [0.25, 0.3) is 5.91 Å². The molecule has 1 heterocycles. The Balaban J connectivity index is 1.50. The summed E-state index contributed by atoms with van der Waals surface area (Å²) < 4.78 is 13.6. The van der Waals surface area contributed by atoms with Crippen molar-refractivity contribution in [3.63, 3.8) is 0 Å². The molecule has 5 rings (SSSR count). The number of nitrogens with zero attached hydrogens (tertiary/aromatic N) is 2. The standard InChI is InChI=1S/C30H26FN3O3/c1-32-29(36)26(17-20-7-3-2-4-8-20)33(18-21-13-15-23(31)16-14-21)27(35)19-34-25-12-6-10-22-9-5-11-24(28(22)25)30(34)37/h2-16,26H,17-19H2,1H3,(H,32,36)/t26-/m0/s1. The van der Waals surface area contributed by atoms with Crippen LogP contribution < -0.4 is 10.2 Å². The Labute approximate surface area is 214 Å². The Kier molecular flexibility index (Phi) is 6.68. The first-order chi connectivity index (χ1) is 18.0. The van der Waals surface area contributed by atoms with Crippen LogP contribution >= 0.6 is 0 Å². The summed E-state index contributed by atoms with van der Waals surface area (Å²) in [6.45, 7) is -0.140. The molecule has 1 aliphatic heterocycles. The van der Waals surface area contributed by atoms with Crippen molar-refractivity contribution >= 4 is 34.2 Å². The Morgan fingerprint density at radius 1 is 0.892 bits per heavy atom. The van der Waals surface area contributed by atoms with Gasteiger partial charge in [-0.25, -0.2) is 4.39 Å². The average Bonchev–Trinajstić information content (AvgIpc) is 3.19. The van der Waals surface area contributed by atoms with Crippen molar-refractivity contribution in [2.45, 2.75) is 19.0 Å². The van der Waals surface area contributed by atoms with Crippen LogP contribution in [-0.4, -0.2) is 42.3 Å².